The Morgan fingerprint density at radius 3 is 2.19 bits per heavy atom. The third-order valence-electron chi connectivity index (χ3n) is 3.85. The summed E-state index contributed by atoms with van der Waals surface area (Å²) in [7, 11) is 0. The van der Waals surface area contributed by atoms with Crippen LogP contribution in [0.1, 0.15) is 30.9 Å². The van der Waals surface area contributed by atoms with Crippen LogP contribution >= 0.6 is 0 Å². The largest absolute Gasteiger partial charge is 0.367 e. The summed E-state index contributed by atoms with van der Waals surface area (Å²) in [5.41, 5.74) is 9.25. The van der Waals surface area contributed by atoms with Crippen LogP contribution in [0.3, 0.4) is 0 Å². The van der Waals surface area contributed by atoms with E-state index < -0.39 is 0 Å². The number of nitrogens with two attached hydrogens (primary N) is 1. The molecule has 21 heavy (non-hydrogen) atoms. The van der Waals surface area contributed by atoms with Crippen molar-refractivity contribution in [2.75, 3.05) is 18.0 Å². The van der Waals surface area contributed by atoms with Gasteiger partial charge in [0.1, 0.15) is 5.82 Å². The van der Waals surface area contributed by atoms with Gasteiger partial charge in [-0.15, -0.1) is 0 Å². The first-order valence-corrected chi connectivity index (χ1v) is 7.43. The Hall–Kier alpha value is -1.87. The molecule has 0 saturated carbocycles. The van der Waals surface area contributed by atoms with Gasteiger partial charge in [-0.2, -0.15) is 0 Å². The Bertz CT molecular complexity index is 548. The van der Waals surface area contributed by atoms with Crippen molar-refractivity contribution in [1.82, 2.24) is 0 Å². The van der Waals surface area contributed by atoms with Crippen molar-refractivity contribution in [1.29, 1.82) is 0 Å². The van der Waals surface area contributed by atoms with E-state index in [0.29, 0.717) is 12.5 Å². The third kappa shape index (κ3) is 4.05. The Kier molecular flexibility index (Phi) is 5.34. The van der Waals surface area contributed by atoms with Crippen molar-refractivity contribution >= 4 is 5.69 Å². The van der Waals surface area contributed by atoms with Crippen LogP contribution in [0.25, 0.3) is 0 Å². The van der Waals surface area contributed by atoms with E-state index in [1.807, 2.05) is 12.1 Å². The first-order chi connectivity index (χ1) is 10.1. The summed E-state index contributed by atoms with van der Waals surface area (Å²) >= 11 is 0. The lowest BCUT2D eigenvalue weighted by atomic mass is 10.00. The van der Waals surface area contributed by atoms with Gasteiger partial charge in [0.05, 0.1) is 0 Å². The van der Waals surface area contributed by atoms with Gasteiger partial charge < -0.3 is 10.6 Å². The molecule has 1 atom stereocenters. The number of nitrogens with zero attached hydrogens (tertiary/aromatic N) is 1. The smallest absolute Gasteiger partial charge is 0.123 e. The van der Waals surface area contributed by atoms with E-state index in [-0.39, 0.29) is 5.82 Å². The van der Waals surface area contributed by atoms with E-state index in [1.54, 1.807) is 0 Å². The summed E-state index contributed by atoms with van der Waals surface area (Å²) in [6.07, 6.45) is 0. The van der Waals surface area contributed by atoms with E-state index in [4.69, 9.17) is 5.73 Å². The average Bonchev–Trinajstić information content (AvgIpc) is 2.53. The summed E-state index contributed by atoms with van der Waals surface area (Å²) in [4.78, 5) is 2.22. The summed E-state index contributed by atoms with van der Waals surface area (Å²) in [6.45, 7) is 6.60. The minimum atomic E-state index is -0.199. The fourth-order valence-corrected chi connectivity index (χ4v) is 2.35. The summed E-state index contributed by atoms with van der Waals surface area (Å²) in [6, 6.07) is 15.2. The van der Waals surface area contributed by atoms with Crippen LogP contribution < -0.4 is 10.6 Å². The number of benzene rings is 2. The summed E-state index contributed by atoms with van der Waals surface area (Å²) in [5.74, 6) is 0.188. The molecule has 0 fully saturated rings. The van der Waals surface area contributed by atoms with Crippen LogP contribution in [0.15, 0.2) is 48.5 Å². The molecule has 2 N–H and O–H groups in total. The third-order valence-corrected chi connectivity index (χ3v) is 3.85. The standard InChI is InChI=1S/C18H23FN2/c1-3-21(18-10-8-17(19)9-11-18)13-15-4-6-16(7-5-15)14(2)12-20/h4-11,14H,3,12-13,20H2,1-2H3. The van der Waals surface area contributed by atoms with Crippen LogP contribution in [-0.2, 0) is 6.54 Å². The number of hydrogen-bond acceptors (Lipinski definition) is 2. The molecule has 2 rings (SSSR count). The molecular formula is C18H23FN2. The molecule has 0 radical (unpaired) electrons. The molecule has 2 nitrogen and oxygen atoms in total. The Morgan fingerprint density at radius 1 is 1.05 bits per heavy atom. The summed E-state index contributed by atoms with van der Waals surface area (Å²) in [5, 5.41) is 0. The number of hydrogen-bond donors (Lipinski definition) is 1. The van der Waals surface area contributed by atoms with Crippen molar-refractivity contribution in [2.45, 2.75) is 26.3 Å². The number of halogens is 1. The molecule has 0 heterocycles. The molecule has 112 valence electrons. The highest BCUT2D eigenvalue weighted by molar-refractivity contribution is 5.47. The van der Waals surface area contributed by atoms with Gasteiger partial charge in [0.2, 0.25) is 0 Å². The zero-order valence-electron chi connectivity index (χ0n) is 12.7. The van der Waals surface area contributed by atoms with Crippen molar-refractivity contribution < 1.29 is 4.39 Å². The first kappa shape index (κ1) is 15.5. The molecule has 0 aliphatic carbocycles. The van der Waals surface area contributed by atoms with Crippen LogP contribution in [0.2, 0.25) is 0 Å². The Labute approximate surface area is 126 Å². The molecule has 3 heteroatoms. The van der Waals surface area contributed by atoms with Gasteiger partial charge in [-0.05, 0) is 54.8 Å². The maximum atomic E-state index is 13.0. The van der Waals surface area contributed by atoms with Gasteiger partial charge in [-0.25, -0.2) is 4.39 Å². The highest BCUT2D eigenvalue weighted by Crippen LogP contribution is 2.19. The minimum Gasteiger partial charge on any atom is -0.367 e. The van der Waals surface area contributed by atoms with Crippen LogP contribution in [-0.4, -0.2) is 13.1 Å². The van der Waals surface area contributed by atoms with E-state index >= 15 is 0 Å². The zero-order chi connectivity index (χ0) is 15.2. The average molecular weight is 286 g/mol. The first-order valence-electron chi connectivity index (χ1n) is 7.43. The minimum absolute atomic E-state index is 0.199. The molecule has 0 bridgehead atoms. The lowest BCUT2D eigenvalue weighted by Crippen LogP contribution is -2.21. The van der Waals surface area contributed by atoms with Gasteiger partial charge >= 0.3 is 0 Å². The van der Waals surface area contributed by atoms with Gasteiger partial charge in [-0.3, -0.25) is 0 Å². The molecule has 0 aliphatic rings. The Balaban J connectivity index is 2.09. The molecule has 0 amide bonds. The van der Waals surface area contributed by atoms with Crippen LogP contribution in [0.5, 0.6) is 0 Å². The van der Waals surface area contributed by atoms with E-state index in [2.05, 4.69) is 43.0 Å². The molecule has 1 unspecified atom stereocenters. The second-order valence-electron chi connectivity index (χ2n) is 5.37. The number of anilines is 1. The molecule has 0 aromatic heterocycles. The van der Waals surface area contributed by atoms with E-state index in [9.17, 15) is 4.39 Å². The normalized spacial score (nSPS) is 12.2. The van der Waals surface area contributed by atoms with Crippen molar-refractivity contribution in [3.63, 3.8) is 0 Å². The second-order valence-corrected chi connectivity index (χ2v) is 5.37. The molecule has 2 aromatic carbocycles. The lowest BCUT2D eigenvalue weighted by Gasteiger charge is -2.23. The molecule has 0 spiro atoms. The molecule has 0 aliphatic heterocycles. The van der Waals surface area contributed by atoms with Crippen molar-refractivity contribution in [3.05, 3.63) is 65.5 Å². The lowest BCUT2D eigenvalue weighted by molar-refractivity contribution is 0.627. The fourth-order valence-electron chi connectivity index (χ4n) is 2.35. The van der Waals surface area contributed by atoms with Crippen molar-refractivity contribution in [3.8, 4) is 0 Å². The van der Waals surface area contributed by atoms with Crippen molar-refractivity contribution in [2.24, 2.45) is 5.73 Å². The van der Waals surface area contributed by atoms with Gasteiger partial charge in [0.15, 0.2) is 0 Å². The molecule has 2 aromatic rings. The highest BCUT2D eigenvalue weighted by atomic mass is 19.1. The topological polar surface area (TPSA) is 29.3 Å². The summed E-state index contributed by atoms with van der Waals surface area (Å²) < 4.78 is 13.0. The van der Waals surface area contributed by atoms with E-state index in [0.717, 1.165) is 18.8 Å². The molecular weight excluding hydrogens is 263 g/mol. The van der Waals surface area contributed by atoms with Gasteiger partial charge in [-0.1, -0.05) is 31.2 Å². The van der Waals surface area contributed by atoms with E-state index in [1.165, 1.54) is 23.3 Å². The zero-order valence-corrected chi connectivity index (χ0v) is 12.7. The number of rotatable bonds is 6. The quantitative estimate of drug-likeness (QED) is 0.872. The van der Waals surface area contributed by atoms with Gasteiger partial charge in [0.25, 0.3) is 0 Å². The second kappa shape index (κ2) is 7.23. The maximum Gasteiger partial charge on any atom is 0.123 e. The predicted octanol–water partition coefficient (Wildman–Crippen LogP) is 3.91. The Morgan fingerprint density at radius 2 is 1.67 bits per heavy atom. The van der Waals surface area contributed by atoms with Crippen LogP contribution in [0.4, 0.5) is 10.1 Å². The van der Waals surface area contributed by atoms with Gasteiger partial charge in [0, 0.05) is 18.8 Å². The SMILES string of the molecule is CCN(Cc1ccc(C(C)CN)cc1)c1ccc(F)cc1. The predicted molar refractivity (Wildman–Crippen MR) is 87.0 cm³/mol. The molecule has 0 saturated heterocycles. The monoisotopic (exact) mass is 286 g/mol. The van der Waals surface area contributed by atoms with Crippen LogP contribution in [0, 0.1) is 5.82 Å². The maximum absolute atomic E-state index is 13.0. The highest BCUT2D eigenvalue weighted by Gasteiger charge is 2.07. The fraction of sp³-hybridized carbons (Fsp3) is 0.333.